The maximum absolute atomic E-state index is 3.49. The number of hydrogen-bond acceptors (Lipinski definition) is 1. The third kappa shape index (κ3) is 5.12. The summed E-state index contributed by atoms with van der Waals surface area (Å²) in [5.41, 5.74) is 0. The van der Waals surface area contributed by atoms with Crippen molar-refractivity contribution in [1.82, 2.24) is 4.90 Å². The molecule has 1 heteroatoms. The predicted octanol–water partition coefficient (Wildman–Crippen LogP) is 13.4. The zero-order valence-corrected chi connectivity index (χ0v) is 33.8. The van der Waals surface area contributed by atoms with Crippen molar-refractivity contribution < 1.29 is 0 Å². The van der Waals surface area contributed by atoms with Crippen LogP contribution in [-0.4, -0.2) is 23.0 Å². The van der Waals surface area contributed by atoms with Crippen LogP contribution in [0, 0.1) is 107 Å². The Morgan fingerprint density at radius 1 is 0.212 bits per heavy atom. The van der Waals surface area contributed by atoms with Crippen molar-refractivity contribution in [3.8, 4) is 0 Å². The largest absolute Gasteiger partial charge is 0.294 e. The Morgan fingerprint density at radius 2 is 0.596 bits per heavy atom. The van der Waals surface area contributed by atoms with E-state index in [1.807, 2.05) is 0 Å². The topological polar surface area (TPSA) is 3.24 Å². The monoisotopic (exact) mass is 708 g/mol. The van der Waals surface area contributed by atoms with Crippen molar-refractivity contribution in [2.45, 2.75) is 211 Å². The Hall–Kier alpha value is -0.0400. The smallest absolute Gasteiger partial charge is 0.0133 e. The molecule has 290 valence electrons. The molecule has 0 aromatic heterocycles. The molecule has 11 aliphatic carbocycles. The number of nitrogens with zero attached hydrogens (tertiary/aromatic N) is 1. The second-order valence-corrected chi connectivity index (χ2v) is 23.3. The molecule has 0 radical (unpaired) electrons. The highest BCUT2D eigenvalue weighted by atomic mass is 15.2. The Labute approximate surface area is 321 Å². The van der Waals surface area contributed by atoms with Gasteiger partial charge in [-0.25, -0.2) is 0 Å². The van der Waals surface area contributed by atoms with Crippen LogP contribution in [0.3, 0.4) is 0 Å². The molecule has 11 saturated carbocycles. The molecule has 1 heterocycles. The minimum Gasteiger partial charge on any atom is -0.294 e. The van der Waals surface area contributed by atoms with E-state index in [-0.39, 0.29) is 0 Å². The Morgan fingerprint density at radius 3 is 1.15 bits per heavy atom. The molecule has 0 amide bonds. The number of hydrogen-bond donors (Lipinski definition) is 0. The second kappa shape index (κ2) is 13.8. The minimum absolute atomic E-state index is 0.975. The van der Waals surface area contributed by atoms with Gasteiger partial charge in [0, 0.05) is 18.1 Å². The minimum atomic E-state index is 0.975. The summed E-state index contributed by atoms with van der Waals surface area (Å²) in [7, 11) is 0. The maximum Gasteiger partial charge on any atom is 0.0133 e. The molecular formula is C51H81N. The van der Waals surface area contributed by atoms with Crippen LogP contribution in [0.5, 0.6) is 0 Å². The van der Waals surface area contributed by atoms with Gasteiger partial charge in [0.15, 0.2) is 0 Å². The van der Waals surface area contributed by atoms with Crippen LogP contribution in [0.25, 0.3) is 0 Å². The second-order valence-electron chi connectivity index (χ2n) is 23.3. The summed E-state index contributed by atoms with van der Waals surface area (Å²) in [6, 6.07) is 2.93. The standard InChI is InChI=1S/C51H81N/c1-3-14-32(15-4-1)45-48-37-23-11-20-31-21-12-24-38(44(31)37)49(48)46(33-16-5-2-6-17-33)51-40-28-29-43(36-22-13-25-39(47(36)40)50(45)51)52-41-26-9-7-18-34(41)30-35-19-8-10-27-42(35)52/h31-51H,1-30H2. The number of piperidine rings is 1. The molecule has 1 saturated heterocycles. The summed E-state index contributed by atoms with van der Waals surface area (Å²) in [4.78, 5) is 3.49. The molecular weight excluding hydrogens is 627 g/mol. The molecule has 19 atom stereocenters. The summed E-state index contributed by atoms with van der Waals surface area (Å²) < 4.78 is 0. The highest BCUT2D eigenvalue weighted by Gasteiger charge is 2.71. The fourth-order valence-electron chi connectivity index (χ4n) is 21.4. The first-order valence-electron chi connectivity index (χ1n) is 25.6. The van der Waals surface area contributed by atoms with Crippen molar-refractivity contribution in [2.24, 2.45) is 107 Å². The van der Waals surface area contributed by atoms with Gasteiger partial charge in [-0.3, -0.25) is 4.90 Å². The first-order valence-corrected chi connectivity index (χ1v) is 25.6. The van der Waals surface area contributed by atoms with E-state index in [4.69, 9.17) is 0 Å². The predicted molar refractivity (Wildman–Crippen MR) is 215 cm³/mol. The van der Waals surface area contributed by atoms with Crippen LogP contribution < -0.4 is 0 Å². The van der Waals surface area contributed by atoms with E-state index in [2.05, 4.69) is 4.90 Å². The van der Waals surface area contributed by atoms with Crippen molar-refractivity contribution in [3.63, 3.8) is 0 Å². The van der Waals surface area contributed by atoms with E-state index in [0.717, 1.165) is 119 Å². The average Bonchev–Trinajstić information content (AvgIpc) is 3.72. The SMILES string of the molecule is C1CCC(C2C3C4CCCC5CCCC(C54)C3C(C3CCCCC3)C3C4CCC(N5C6CCCCC6CC6CCCCC65)C5CCCC(C45)C23)CC1. The zero-order chi connectivity index (χ0) is 33.9. The van der Waals surface area contributed by atoms with Gasteiger partial charge in [0.25, 0.3) is 0 Å². The van der Waals surface area contributed by atoms with Crippen LogP contribution >= 0.6 is 0 Å². The molecule has 19 unspecified atom stereocenters. The van der Waals surface area contributed by atoms with Crippen LogP contribution in [-0.2, 0) is 0 Å². The van der Waals surface area contributed by atoms with Gasteiger partial charge in [-0.1, -0.05) is 122 Å². The fourth-order valence-corrected chi connectivity index (χ4v) is 21.4. The third-order valence-electron chi connectivity index (χ3n) is 22.1. The molecule has 1 aliphatic heterocycles. The molecule has 0 N–H and O–H groups in total. The van der Waals surface area contributed by atoms with Gasteiger partial charge in [0.1, 0.15) is 0 Å². The van der Waals surface area contributed by atoms with E-state index in [9.17, 15) is 0 Å². The molecule has 52 heavy (non-hydrogen) atoms. The summed E-state index contributed by atoms with van der Waals surface area (Å²) in [6.45, 7) is 0. The summed E-state index contributed by atoms with van der Waals surface area (Å²) in [5, 5.41) is 0. The molecule has 12 fully saturated rings. The van der Waals surface area contributed by atoms with Gasteiger partial charge in [0.2, 0.25) is 0 Å². The maximum atomic E-state index is 3.49. The lowest BCUT2D eigenvalue weighted by Gasteiger charge is -2.60. The van der Waals surface area contributed by atoms with Gasteiger partial charge in [-0.15, -0.1) is 0 Å². The van der Waals surface area contributed by atoms with Gasteiger partial charge in [-0.2, -0.15) is 0 Å². The Bertz CT molecular complexity index is 1180. The quantitative estimate of drug-likeness (QED) is 0.282. The molecule has 12 rings (SSSR count). The van der Waals surface area contributed by atoms with Crippen molar-refractivity contribution in [1.29, 1.82) is 0 Å². The van der Waals surface area contributed by atoms with E-state index in [1.165, 1.54) is 5.92 Å². The third-order valence-corrected chi connectivity index (χ3v) is 22.1. The van der Waals surface area contributed by atoms with Gasteiger partial charge < -0.3 is 0 Å². The molecule has 0 spiro atoms. The molecule has 1 nitrogen and oxygen atoms in total. The summed E-state index contributed by atoms with van der Waals surface area (Å²) >= 11 is 0. The first kappa shape index (κ1) is 34.0. The summed E-state index contributed by atoms with van der Waals surface area (Å²) in [5.74, 6) is 20.4. The normalized spacial score (nSPS) is 56.4. The van der Waals surface area contributed by atoms with E-state index < -0.39 is 0 Å². The van der Waals surface area contributed by atoms with E-state index >= 15 is 0 Å². The van der Waals surface area contributed by atoms with Crippen LogP contribution in [0.4, 0.5) is 0 Å². The lowest BCUT2D eigenvalue weighted by molar-refractivity contribution is -0.113. The Balaban J connectivity index is 0.963. The molecule has 0 aromatic carbocycles. The molecule has 12 aliphatic rings. The molecule has 0 aromatic rings. The zero-order valence-electron chi connectivity index (χ0n) is 33.8. The highest BCUT2D eigenvalue weighted by molar-refractivity contribution is 5.19. The number of rotatable bonds is 3. The lowest BCUT2D eigenvalue weighted by Crippen LogP contribution is -2.63. The van der Waals surface area contributed by atoms with Crippen LogP contribution in [0.2, 0.25) is 0 Å². The fraction of sp³-hybridized carbons (Fsp3) is 1.00. The number of likely N-dealkylation sites (tertiary alicyclic amines) is 1. The van der Waals surface area contributed by atoms with Crippen molar-refractivity contribution in [3.05, 3.63) is 0 Å². The average molecular weight is 708 g/mol. The molecule has 0 bridgehead atoms. The first-order chi connectivity index (χ1) is 25.8. The lowest BCUT2D eigenvalue weighted by atomic mass is 9.47. The Kier molecular flexibility index (Phi) is 9.04. The van der Waals surface area contributed by atoms with Crippen LogP contribution in [0.15, 0.2) is 0 Å². The highest BCUT2D eigenvalue weighted by Crippen LogP contribution is 2.76. The van der Waals surface area contributed by atoms with Crippen molar-refractivity contribution in [2.75, 3.05) is 0 Å². The number of fused-ring (bicyclic) bond motifs is 8. The summed E-state index contributed by atoms with van der Waals surface area (Å²) in [6.07, 6.45) is 48.2. The van der Waals surface area contributed by atoms with E-state index in [1.54, 1.807) is 193 Å². The van der Waals surface area contributed by atoms with Gasteiger partial charge >= 0.3 is 0 Å². The van der Waals surface area contributed by atoms with E-state index in [0.29, 0.717) is 0 Å². The van der Waals surface area contributed by atoms with Crippen molar-refractivity contribution >= 4 is 0 Å². The van der Waals surface area contributed by atoms with Gasteiger partial charge in [0.05, 0.1) is 0 Å². The van der Waals surface area contributed by atoms with Gasteiger partial charge in [-0.05, 0) is 177 Å². The van der Waals surface area contributed by atoms with Crippen LogP contribution in [0.1, 0.15) is 193 Å².